The number of carbonyl (C=O) groups is 1. The Hall–Kier alpha value is -1.18. The maximum Gasteiger partial charge on any atom is 0.339 e. The lowest BCUT2D eigenvalue weighted by molar-refractivity contribution is 0.0597. The number of halogens is 1. The number of ether oxygens (including phenoxy) is 1. The molecule has 0 aliphatic rings. The van der Waals surface area contributed by atoms with Gasteiger partial charge in [0.05, 0.1) is 18.2 Å². The minimum absolute atomic E-state index is 0.194. The van der Waals surface area contributed by atoms with Gasteiger partial charge in [-0.25, -0.2) is 4.79 Å². The van der Waals surface area contributed by atoms with Crippen LogP contribution in [0, 0.1) is 11.3 Å². The zero-order valence-electron chi connectivity index (χ0n) is 7.24. The third-order valence-corrected chi connectivity index (χ3v) is 2.30. The first-order chi connectivity index (χ1) is 6.60. The van der Waals surface area contributed by atoms with Crippen LogP contribution >= 0.6 is 24.2 Å². The molecule has 1 aromatic carbocycles. The summed E-state index contributed by atoms with van der Waals surface area (Å²) in [6.45, 7) is 0. The molecule has 0 spiro atoms. The summed E-state index contributed by atoms with van der Waals surface area (Å²) in [7, 11) is 1.25. The lowest BCUT2D eigenvalue weighted by Crippen LogP contribution is -2.03. The molecule has 14 heavy (non-hydrogen) atoms. The Morgan fingerprint density at radius 3 is 2.79 bits per heavy atom. The van der Waals surface area contributed by atoms with Crippen LogP contribution in [0.15, 0.2) is 17.0 Å². The van der Waals surface area contributed by atoms with Crippen molar-refractivity contribution in [2.75, 3.05) is 7.11 Å². The van der Waals surface area contributed by atoms with E-state index in [-0.39, 0.29) is 16.0 Å². The number of nitrogens with zero attached hydrogens (tertiary/aromatic N) is 1. The number of hydrogen-bond donors (Lipinski definition) is 1. The second kappa shape index (κ2) is 4.36. The van der Waals surface area contributed by atoms with Crippen LogP contribution in [0.1, 0.15) is 15.9 Å². The van der Waals surface area contributed by atoms with Crippen molar-refractivity contribution in [3.8, 4) is 6.07 Å². The van der Waals surface area contributed by atoms with Crippen LogP contribution in [-0.2, 0) is 4.74 Å². The maximum atomic E-state index is 11.2. The Morgan fingerprint density at radius 2 is 2.29 bits per heavy atom. The Bertz CT molecular complexity index is 426. The molecule has 0 aromatic heterocycles. The smallest absolute Gasteiger partial charge is 0.339 e. The third-order valence-electron chi connectivity index (χ3n) is 1.60. The van der Waals surface area contributed by atoms with Gasteiger partial charge in [0.25, 0.3) is 0 Å². The largest absolute Gasteiger partial charge is 0.465 e. The number of benzene rings is 1. The summed E-state index contributed by atoms with van der Waals surface area (Å²) < 4.78 is 4.52. The molecule has 0 unspecified atom stereocenters. The predicted molar refractivity (Wildman–Crippen MR) is 54.8 cm³/mol. The van der Waals surface area contributed by atoms with Crippen LogP contribution in [-0.4, -0.2) is 13.1 Å². The molecule has 0 fully saturated rings. The van der Waals surface area contributed by atoms with Gasteiger partial charge in [0, 0.05) is 9.92 Å². The van der Waals surface area contributed by atoms with Gasteiger partial charge in [0.2, 0.25) is 0 Å². The first-order valence-corrected chi connectivity index (χ1v) is 4.43. The van der Waals surface area contributed by atoms with Gasteiger partial charge in [0.15, 0.2) is 0 Å². The molecule has 0 N–H and O–H groups in total. The molecular formula is C9H6ClNO2S. The monoisotopic (exact) mass is 227 g/mol. The molecule has 0 radical (unpaired) electrons. The fourth-order valence-electron chi connectivity index (χ4n) is 0.950. The highest BCUT2D eigenvalue weighted by atomic mass is 35.5. The van der Waals surface area contributed by atoms with Gasteiger partial charge in [-0.3, -0.25) is 0 Å². The highest BCUT2D eigenvalue weighted by molar-refractivity contribution is 7.80. The van der Waals surface area contributed by atoms with E-state index in [4.69, 9.17) is 16.9 Å². The lowest BCUT2D eigenvalue weighted by atomic mass is 10.1. The number of rotatable bonds is 1. The van der Waals surface area contributed by atoms with E-state index in [1.54, 1.807) is 0 Å². The topological polar surface area (TPSA) is 50.1 Å². The van der Waals surface area contributed by atoms with Crippen LogP contribution in [0.2, 0.25) is 5.02 Å². The van der Waals surface area contributed by atoms with Crippen LogP contribution in [0.25, 0.3) is 0 Å². The average Bonchev–Trinajstić information content (AvgIpc) is 2.19. The Balaban J connectivity index is 3.38. The molecule has 0 aliphatic heterocycles. The second-order valence-corrected chi connectivity index (χ2v) is 3.34. The van der Waals surface area contributed by atoms with E-state index in [9.17, 15) is 4.79 Å². The van der Waals surface area contributed by atoms with E-state index < -0.39 is 5.97 Å². The molecule has 5 heteroatoms. The average molecular weight is 228 g/mol. The first-order valence-electron chi connectivity index (χ1n) is 3.61. The van der Waals surface area contributed by atoms with E-state index in [0.717, 1.165) is 0 Å². The maximum absolute atomic E-state index is 11.2. The van der Waals surface area contributed by atoms with Crippen molar-refractivity contribution in [2.45, 2.75) is 4.90 Å². The second-order valence-electron chi connectivity index (χ2n) is 2.45. The summed E-state index contributed by atoms with van der Waals surface area (Å²) in [5.41, 5.74) is 0.445. The molecule has 0 amide bonds. The summed E-state index contributed by atoms with van der Waals surface area (Å²) >= 11 is 9.76. The molecule has 0 saturated carbocycles. The van der Waals surface area contributed by atoms with Gasteiger partial charge in [0.1, 0.15) is 6.07 Å². The van der Waals surface area contributed by atoms with E-state index in [2.05, 4.69) is 17.4 Å². The number of thiol groups is 1. The molecule has 0 saturated heterocycles. The number of nitriles is 1. The zero-order valence-corrected chi connectivity index (χ0v) is 8.89. The quantitative estimate of drug-likeness (QED) is 0.592. The lowest BCUT2D eigenvalue weighted by Gasteiger charge is -2.04. The number of carbonyl (C=O) groups excluding carboxylic acids is 1. The van der Waals surface area contributed by atoms with Crippen LogP contribution in [0.5, 0.6) is 0 Å². The molecule has 72 valence electrons. The van der Waals surface area contributed by atoms with Gasteiger partial charge in [-0.05, 0) is 12.1 Å². The predicted octanol–water partition coefficient (Wildman–Crippen LogP) is 2.29. The molecule has 3 nitrogen and oxygen atoms in total. The number of hydrogen-bond acceptors (Lipinski definition) is 4. The SMILES string of the molecule is COC(=O)c1cc(Cl)cc(C#N)c1S. The molecule has 0 bridgehead atoms. The molecule has 1 aromatic rings. The van der Waals surface area contributed by atoms with Gasteiger partial charge in [-0.1, -0.05) is 11.6 Å². The fourth-order valence-corrected chi connectivity index (χ4v) is 1.44. The molecule has 1 rings (SSSR count). The molecule has 0 heterocycles. The van der Waals surface area contributed by atoms with E-state index in [0.29, 0.717) is 5.02 Å². The van der Waals surface area contributed by atoms with Gasteiger partial charge in [-0.2, -0.15) is 5.26 Å². The summed E-state index contributed by atoms with van der Waals surface area (Å²) in [6.07, 6.45) is 0. The summed E-state index contributed by atoms with van der Waals surface area (Å²) in [4.78, 5) is 11.5. The minimum atomic E-state index is -0.561. The van der Waals surface area contributed by atoms with Crippen molar-refractivity contribution in [1.82, 2.24) is 0 Å². The molecule has 0 aliphatic carbocycles. The highest BCUT2D eigenvalue weighted by Gasteiger charge is 2.14. The Morgan fingerprint density at radius 1 is 1.64 bits per heavy atom. The van der Waals surface area contributed by atoms with Crippen molar-refractivity contribution in [2.24, 2.45) is 0 Å². The van der Waals surface area contributed by atoms with Gasteiger partial charge < -0.3 is 4.74 Å². The van der Waals surface area contributed by atoms with E-state index >= 15 is 0 Å². The van der Waals surface area contributed by atoms with Crippen molar-refractivity contribution in [3.63, 3.8) is 0 Å². The third kappa shape index (κ3) is 2.00. The fraction of sp³-hybridized carbons (Fsp3) is 0.111. The van der Waals surface area contributed by atoms with Crippen molar-refractivity contribution < 1.29 is 9.53 Å². The molecule has 0 atom stereocenters. The summed E-state index contributed by atoms with van der Waals surface area (Å²) in [5, 5.41) is 9.02. The first kappa shape index (κ1) is 10.9. The standard InChI is InChI=1S/C9H6ClNO2S/c1-13-9(12)7-3-6(10)2-5(4-11)8(7)14/h2-3,14H,1H3. The van der Waals surface area contributed by atoms with Crippen molar-refractivity contribution in [3.05, 3.63) is 28.3 Å². The normalized spacial score (nSPS) is 9.29. The van der Waals surface area contributed by atoms with E-state index in [1.807, 2.05) is 6.07 Å². The zero-order chi connectivity index (χ0) is 10.7. The minimum Gasteiger partial charge on any atom is -0.465 e. The van der Waals surface area contributed by atoms with Crippen LogP contribution in [0.4, 0.5) is 0 Å². The van der Waals surface area contributed by atoms with Gasteiger partial charge >= 0.3 is 5.97 Å². The van der Waals surface area contributed by atoms with Crippen molar-refractivity contribution >= 4 is 30.2 Å². The summed E-state index contributed by atoms with van der Waals surface area (Å²) in [5.74, 6) is -0.561. The highest BCUT2D eigenvalue weighted by Crippen LogP contribution is 2.24. The Kier molecular flexibility index (Phi) is 3.39. The Labute approximate surface area is 91.7 Å². The van der Waals surface area contributed by atoms with Gasteiger partial charge in [-0.15, -0.1) is 12.6 Å². The van der Waals surface area contributed by atoms with Crippen LogP contribution < -0.4 is 0 Å². The van der Waals surface area contributed by atoms with Crippen LogP contribution in [0.3, 0.4) is 0 Å². The van der Waals surface area contributed by atoms with E-state index in [1.165, 1.54) is 19.2 Å². The number of esters is 1. The molecular weight excluding hydrogens is 222 g/mol. The summed E-state index contributed by atoms with van der Waals surface area (Å²) in [6, 6.07) is 4.74. The number of methoxy groups -OCH3 is 1. The van der Waals surface area contributed by atoms with Crippen molar-refractivity contribution in [1.29, 1.82) is 5.26 Å².